The number of fused-ring (bicyclic) bond motifs is 1. The maximum atomic E-state index is 11.9. The summed E-state index contributed by atoms with van der Waals surface area (Å²) in [6, 6.07) is 6.38. The molecule has 0 saturated heterocycles. The van der Waals surface area contributed by atoms with Crippen LogP contribution in [0.1, 0.15) is 27.1 Å². The Balaban J connectivity index is 2.40. The topological polar surface area (TPSA) is 72.2 Å². The van der Waals surface area contributed by atoms with E-state index in [1.165, 1.54) is 0 Å². The number of rotatable bonds is 2. The fraction of sp³-hybridized carbons (Fsp3) is 0.273. The predicted molar refractivity (Wildman–Crippen MR) is 55.7 cm³/mol. The Labute approximate surface area is 87.5 Å². The highest BCUT2D eigenvalue weighted by molar-refractivity contribution is 6.15. The van der Waals surface area contributed by atoms with E-state index in [1.54, 1.807) is 24.3 Å². The van der Waals surface area contributed by atoms with Crippen LogP contribution in [0.3, 0.4) is 0 Å². The van der Waals surface area contributed by atoms with Gasteiger partial charge < -0.3 is 11.1 Å². The molecular weight excluding hydrogens is 192 g/mol. The summed E-state index contributed by atoms with van der Waals surface area (Å²) in [5.41, 5.74) is 6.34. The van der Waals surface area contributed by atoms with Crippen molar-refractivity contribution >= 4 is 11.7 Å². The Morgan fingerprint density at radius 3 is 2.53 bits per heavy atom. The number of carbonyl (C=O) groups is 2. The molecule has 0 spiro atoms. The molecule has 15 heavy (non-hydrogen) atoms. The lowest BCUT2D eigenvalue weighted by molar-refractivity contribution is 0.0824. The lowest BCUT2D eigenvalue weighted by Crippen LogP contribution is -2.47. The third-order valence-corrected chi connectivity index (χ3v) is 2.51. The van der Waals surface area contributed by atoms with Crippen molar-refractivity contribution in [3.8, 4) is 0 Å². The highest BCUT2D eigenvalue weighted by atomic mass is 16.2. The van der Waals surface area contributed by atoms with E-state index in [0.717, 1.165) is 0 Å². The van der Waals surface area contributed by atoms with Gasteiger partial charge in [0.15, 0.2) is 5.78 Å². The summed E-state index contributed by atoms with van der Waals surface area (Å²) in [7, 11) is 0. The zero-order valence-electron chi connectivity index (χ0n) is 8.19. The minimum Gasteiger partial charge on any atom is -0.342 e. The van der Waals surface area contributed by atoms with Gasteiger partial charge in [-0.15, -0.1) is 0 Å². The van der Waals surface area contributed by atoms with Crippen LogP contribution in [0.25, 0.3) is 0 Å². The molecule has 2 rings (SSSR count). The van der Waals surface area contributed by atoms with Crippen LogP contribution in [0.2, 0.25) is 0 Å². The van der Waals surface area contributed by atoms with Crippen LogP contribution in [0, 0.1) is 0 Å². The van der Waals surface area contributed by atoms with Crippen LogP contribution in [-0.4, -0.2) is 24.3 Å². The molecule has 4 nitrogen and oxygen atoms in total. The third-order valence-electron chi connectivity index (χ3n) is 2.51. The fourth-order valence-electron chi connectivity index (χ4n) is 1.76. The normalized spacial score (nSPS) is 19.7. The highest BCUT2D eigenvalue weighted by Crippen LogP contribution is 2.17. The van der Waals surface area contributed by atoms with E-state index in [2.05, 4.69) is 5.32 Å². The number of carbonyl (C=O) groups excluding carboxylic acids is 2. The number of ketones is 1. The average Bonchev–Trinajstić information content (AvgIpc) is 2.26. The first-order chi connectivity index (χ1) is 7.24. The molecule has 0 unspecified atom stereocenters. The summed E-state index contributed by atoms with van der Waals surface area (Å²) >= 11 is 0. The molecule has 1 atom stereocenters. The molecule has 1 amide bonds. The van der Waals surface area contributed by atoms with Gasteiger partial charge in [-0.1, -0.05) is 18.2 Å². The highest BCUT2D eigenvalue weighted by Gasteiger charge is 2.30. The number of hydrogen-bond acceptors (Lipinski definition) is 3. The second-order valence-corrected chi connectivity index (χ2v) is 3.51. The number of amides is 1. The molecule has 0 bridgehead atoms. The SMILES string of the molecule is NCC[C@@H]1NC(=O)c2ccccc2C1=O. The van der Waals surface area contributed by atoms with Crippen LogP contribution < -0.4 is 11.1 Å². The number of hydrogen-bond donors (Lipinski definition) is 2. The van der Waals surface area contributed by atoms with Gasteiger partial charge in [0.1, 0.15) is 0 Å². The van der Waals surface area contributed by atoms with E-state index in [9.17, 15) is 9.59 Å². The molecule has 0 aliphatic carbocycles. The van der Waals surface area contributed by atoms with E-state index in [0.29, 0.717) is 24.1 Å². The largest absolute Gasteiger partial charge is 0.342 e. The summed E-state index contributed by atoms with van der Waals surface area (Å²) in [4.78, 5) is 23.5. The van der Waals surface area contributed by atoms with Crippen LogP contribution in [-0.2, 0) is 0 Å². The van der Waals surface area contributed by atoms with Crippen molar-refractivity contribution in [3.63, 3.8) is 0 Å². The summed E-state index contributed by atoms with van der Waals surface area (Å²) in [6.07, 6.45) is 0.485. The molecule has 0 radical (unpaired) electrons. The number of nitrogens with two attached hydrogens (primary N) is 1. The molecule has 1 aliphatic rings. The predicted octanol–water partition coefficient (Wildman–Crippen LogP) is 0.330. The molecule has 3 N–H and O–H groups in total. The third kappa shape index (κ3) is 1.64. The van der Waals surface area contributed by atoms with Crippen LogP contribution >= 0.6 is 0 Å². The molecule has 4 heteroatoms. The van der Waals surface area contributed by atoms with Gasteiger partial charge in [0, 0.05) is 5.56 Å². The van der Waals surface area contributed by atoms with Crippen molar-refractivity contribution in [2.45, 2.75) is 12.5 Å². The molecule has 78 valence electrons. The van der Waals surface area contributed by atoms with E-state index in [1.807, 2.05) is 0 Å². The maximum Gasteiger partial charge on any atom is 0.252 e. The van der Waals surface area contributed by atoms with Gasteiger partial charge in [0.2, 0.25) is 0 Å². The van der Waals surface area contributed by atoms with Gasteiger partial charge in [-0.3, -0.25) is 9.59 Å². The summed E-state index contributed by atoms with van der Waals surface area (Å²) in [6.45, 7) is 0.388. The molecular formula is C11H12N2O2. The van der Waals surface area contributed by atoms with E-state index >= 15 is 0 Å². The van der Waals surface area contributed by atoms with Gasteiger partial charge in [-0.25, -0.2) is 0 Å². The zero-order valence-corrected chi connectivity index (χ0v) is 8.19. The zero-order chi connectivity index (χ0) is 10.8. The lowest BCUT2D eigenvalue weighted by Gasteiger charge is -2.23. The Bertz CT molecular complexity index is 415. The van der Waals surface area contributed by atoms with Gasteiger partial charge in [0.25, 0.3) is 5.91 Å². The molecule has 1 heterocycles. The van der Waals surface area contributed by atoms with Crippen molar-refractivity contribution in [2.24, 2.45) is 5.73 Å². The Morgan fingerprint density at radius 1 is 1.20 bits per heavy atom. The minimum absolute atomic E-state index is 0.0457. The second kappa shape index (κ2) is 3.82. The van der Waals surface area contributed by atoms with E-state index < -0.39 is 6.04 Å². The van der Waals surface area contributed by atoms with Crippen molar-refractivity contribution in [3.05, 3.63) is 35.4 Å². The molecule has 0 fully saturated rings. The van der Waals surface area contributed by atoms with Gasteiger partial charge in [-0.05, 0) is 19.0 Å². The van der Waals surface area contributed by atoms with Crippen LogP contribution in [0.15, 0.2) is 24.3 Å². The summed E-state index contributed by atoms with van der Waals surface area (Å²) in [5.74, 6) is -0.237. The first-order valence-corrected chi connectivity index (χ1v) is 4.88. The molecule has 0 aromatic heterocycles. The molecule has 1 aromatic rings. The Hall–Kier alpha value is -1.68. The molecule has 1 aromatic carbocycles. The standard InChI is InChI=1S/C11H12N2O2/c12-6-5-9-10(14)7-3-1-2-4-8(7)11(15)13-9/h1-4,9H,5-6,12H2,(H,13,15)/t9-/m0/s1. The number of nitrogens with one attached hydrogen (secondary N) is 1. The molecule has 1 aliphatic heterocycles. The van der Waals surface area contributed by atoms with Crippen molar-refractivity contribution in [2.75, 3.05) is 6.54 Å². The fourth-order valence-corrected chi connectivity index (χ4v) is 1.76. The monoisotopic (exact) mass is 204 g/mol. The van der Waals surface area contributed by atoms with Gasteiger partial charge >= 0.3 is 0 Å². The van der Waals surface area contributed by atoms with E-state index in [4.69, 9.17) is 5.73 Å². The van der Waals surface area contributed by atoms with Crippen molar-refractivity contribution in [1.82, 2.24) is 5.32 Å². The Kier molecular flexibility index (Phi) is 2.51. The van der Waals surface area contributed by atoms with Crippen molar-refractivity contribution < 1.29 is 9.59 Å². The number of benzene rings is 1. The first kappa shape index (κ1) is 9.86. The maximum absolute atomic E-state index is 11.9. The lowest BCUT2D eigenvalue weighted by atomic mass is 9.92. The smallest absolute Gasteiger partial charge is 0.252 e. The van der Waals surface area contributed by atoms with Crippen molar-refractivity contribution in [1.29, 1.82) is 0 Å². The molecule has 0 saturated carbocycles. The Morgan fingerprint density at radius 2 is 1.87 bits per heavy atom. The van der Waals surface area contributed by atoms with Crippen LogP contribution in [0.4, 0.5) is 0 Å². The van der Waals surface area contributed by atoms with Gasteiger partial charge in [0.05, 0.1) is 11.6 Å². The van der Waals surface area contributed by atoms with Crippen LogP contribution in [0.5, 0.6) is 0 Å². The summed E-state index contributed by atoms with van der Waals surface area (Å²) < 4.78 is 0. The quantitative estimate of drug-likeness (QED) is 0.729. The van der Waals surface area contributed by atoms with Gasteiger partial charge in [-0.2, -0.15) is 0 Å². The second-order valence-electron chi connectivity index (χ2n) is 3.51. The first-order valence-electron chi connectivity index (χ1n) is 4.88. The number of Topliss-reactive ketones (excluding diaryl/α,β-unsaturated/α-hetero) is 1. The van der Waals surface area contributed by atoms with E-state index in [-0.39, 0.29) is 11.7 Å². The average molecular weight is 204 g/mol. The minimum atomic E-state index is -0.461. The summed E-state index contributed by atoms with van der Waals surface area (Å²) in [5, 5.41) is 2.65.